The molecule has 0 bridgehead atoms. The minimum Gasteiger partial charge on any atom is -0.441 e. The molecule has 1 unspecified atom stereocenters. The van der Waals surface area contributed by atoms with E-state index in [4.69, 9.17) is 14.9 Å². The minimum absolute atomic E-state index is 0.0339. The largest absolute Gasteiger partial charge is 0.441 e. The van der Waals surface area contributed by atoms with Crippen molar-refractivity contribution in [2.45, 2.75) is 25.9 Å². The van der Waals surface area contributed by atoms with Gasteiger partial charge in [-0.25, -0.2) is 0 Å². The highest BCUT2D eigenvalue weighted by atomic mass is 16.6. The molecule has 0 saturated carbocycles. The van der Waals surface area contributed by atoms with E-state index in [1.807, 2.05) is 18.2 Å². The molecule has 17 heavy (non-hydrogen) atoms. The van der Waals surface area contributed by atoms with Crippen molar-refractivity contribution in [3.8, 4) is 6.08 Å². The summed E-state index contributed by atoms with van der Waals surface area (Å²) in [5.74, 6) is 0.505. The lowest BCUT2D eigenvalue weighted by atomic mass is 10.1. The Kier molecular flexibility index (Phi) is 2.24. The number of benzene rings is 1. The maximum Gasteiger partial charge on any atom is 0.415 e. The highest BCUT2D eigenvalue weighted by molar-refractivity contribution is 5.47. The average Bonchev–Trinajstić information content (AvgIpc) is 2.87. The molecule has 1 aromatic heterocycles. The van der Waals surface area contributed by atoms with Crippen molar-refractivity contribution >= 4 is 5.69 Å². The number of nitrogen functional groups attached to an aromatic ring is 1. The molecule has 2 aromatic rings. The molecule has 2 N–H and O–H groups in total. The maximum atomic E-state index is 5.78. The summed E-state index contributed by atoms with van der Waals surface area (Å²) in [5.41, 5.74) is 8.94. The Morgan fingerprint density at radius 1 is 1.41 bits per heavy atom. The molecule has 0 amide bonds. The number of hydrogen-bond donors (Lipinski definition) is 1. The second-order valence-electron chi connectivity index (χ2n) is 4.19. The molecule has 1 heterocycles. The molecule has 0 saturated heterocycles. The predicted octanol–water partition coefficient (Wildman–Crippen LogP) is 2.03. The smallest absolute Gasteiger partial charge is 0.415 e. The number of nitrogens with zero attached hydrogens (tertiary/aromatic N) is 2. The summed E-state index contributed by atoms with van der Waals surface area (Å²) < 4.78 is 10.9. The molecule has 0 radical (unpaired) electrons. The summed E-state index contributed by atoms with van der Waals surface area (Å²) in [6.07, 6.45) is 2.10. The van der Waals surface area contributed by atoms with Gasteiger partial charge in [-0.2, -0.15) is 0 Å². The zero-order chi connectivity index (χ0) is 11.8. The van der Waals surface area contributed by atoms with Crippen LogP contribution >= 0.6 is 0 Å². The summed E-state index contributed by atoms with van der Waals surface area (Å²) in [7, 11) is 0. The van der Waals surface area contributed by atoms with Crippen LogP contribution < -0.4 is 10.5 Å². The van der Waals surface area contributed by atoms with Crippen molar-refractivity contribution < 1.29 is 9.15 Å². The first-order valence-corrected chi connectivity index (χ1v) is 5.57. The molecule has 0 spiro atoms. The van der Waals surface area contributed by atoms with Crippen LogP contribution in [0.5, 0.6) is 6.08 Å². The predicted molar refractivity (Wildman–Crippen MR) is 61.6 cm³/mol. The average molecular weight is 231 g/mol. The van der Waals surface area contributed by atoms with Crippen LogP contribution in [0.15, 0.2) is 22.6 Å². The number of fused-ring (bicyclic) bond motifs is 1. The lowest BCUT2D eigenvalue weighted by Crippen LogP contribution is -2.04. The van der Waals surface area contributed by atoms with E-state index >= 15 is 0 Å². The number of nitrogens with two attached hydrogens (primary N) is 1. The van der Waals surface area contributed by atoms with E-state index < -0.39 is 0 Å². The Balaban J connectivity index is 1.86. The van der Waals surface area contributed by atoms with Gasteiger partial charge in [0, 0.05) is 12.6 Å². The van der Waals surface area contributed by atoms with Gasteiger partial charge in [-0.1, -0.05) is 11.2 Å². The third-order valence-electron chi connectivity index (χ3n) is 2.94. The number of rotatable bonds is 2. The summed E-state index contributed by atoms with van der Waals surface area (Å²) in [6, 6.07) is 5.92. The lowest BCUT2D eigenvalue weighted by molar-refractivity contribution is 0.147. The normalized spacial score (nSPS) is 18.1. The quantitative estimate of drug-likeness (QED) is 0.800. The third kappa shape index (κ3) is 1.84. The fraction of sp³-hybridized carbons (Fsp3) is 0.333. The van der Waals surface area contributed by atoms with Crippen LogP contribution in [0.3, 0.4) is 0 Å². The van der Waals surface area contributed by atoms with E-state index in [1.54, 1.807) is 6.92 Å². The molecule has 3 rings (SSSR count). The van der Waals surface area contributed by atoms with E-state index in [9.17, 15) is 0 Å². The van der Waals surface area contributed by atoms with Crippen LogP contribution in [-0.4, -0.2) is 10.2 Å². The van der Waals surface area contributed by atoms with Crippen molar-refractivity contribution in [3.63, 3.8) is 0 Å². The summed E-state index contributed by atoms with van der Waals surface area (Å²) >= 11 is 0. The lowest BCUT2D eigenvalue weighted by Gasteiger charge is -2.11. The summed E-state index contributed by atoms with van der Waals surface area (Å²) in [6.45, 7) is 1.74. The van der Waals surface area contributed by atoms with Gasteiger partial charge in [-0.05, 0) is 36.1 Å². The van der Waals surface area contributed by atoms with Crippen LogP contribution in [0, 0.1) is 6.92 Å². The number of hydrogen-bond acceptors (Lipinski definition) is 5. The van der Waals surface area contributed by atoms with Crippen LogP contribution in [0.1, 0.15) is 29.5 Å². The van der Waals surface area contributed by atoms with E-state index in [2.05, 4.69) is 10.2 Å². The molecular weight excluding hydrogens is 218 g/mol. The highest BCUT2D eigenvalue weighted by Crippen LogP contribution is 2.35. The van der Waals surface area contributed by atoms with Crippen LogP contribution in [-0.2, 0) is 6.42 Å². The Hall–Kier alpha value is -2.04. The Labute approximate surface area is 98.6 Å². The molecule has 1 aliphatic carbocycles. The molecule has 5 heteroatoms. The monoisotopic (exact) mass is 231 g/mol. The first-order chi connectivity index (χ1) is 8.22. The van der Waals surface area contributed by atoms with Crippen LogP contribution in [0.2, 0.25) is 0 Å². The number of anilines is 1. The first kappa shape index (κ1) is 10.1. The van der Waals surface area contributed by atoms with Gasteiger partial charge in [-0.15, -0.1) is 5.10 Å². The summed E-state index contributed by atoms with van der Waals surface area (Å²) in [5, 5.41) is 7.57. The van der Waals surface area contributed by atoms with Gasteiger partial charge in [0.05, 0.1) is 0 Å². The third-order valence-corrected chi connectivity index (χ3v) is 2.94. The molecule has 1 atom stereocenters. The fourth-order valence-electron chi connectivity index (χ4n) is 2.15. The molecule has 5 nitrogen and oxygen atoms in total. The van der Waals surface area contributed by atoms with Gasteiger partial charge < -0.3 is 14.9 Å². The van der Waals surface area contributed by atoms with Crippen molar-refractivity contribution in [2.24, 2.45) is 0 Å². The van der Waals surface area contributed by atoms with Gasteiger partial charge in [0.15, 0.2) is 0 Å². The Bertz CT molecular complexity index is 550. The maximum absolute atomic E-state index is 5.78. The molecule has 1 aromatic carbocycles. The van der Waals surface area contributed by atoms with Gasteiger partial charge >= 0.3 is 6.08 Å². The van der Waals surface area contributed by atoms with Crippen LogP contribution in [0.4, 0.5) is 5.69 Å². The van der Waals surface area contributed by atoms with Crippen molar-refractivity contribution in [1.29, 1.82) is 0 Å². The van der Waals surface area contributed by atoms with Crippen molar-refractivity contribution in [3.05, 3.63) is 35.2 Å². The summed E-state index contributed by atoms with van der Waals surface area (Å²) in [4.78, 5) is 0. The van der Waals surface area contributed by atoms with Gasteiger partial charge in [0.1, 0.15) is 6.10 Å². The van der Waals surface area contributed by atoms with E-state index in [1.165, 1.54) is 5.56 Å². The Morgan fingerprint density at radius 2 is 2.29 bits per heavy atom. The first-order valence-electron chi connectivity index (χ1n) is 5.57. The Morgan fingerprint density at radius 3 is 3.06 bits per heavy atom. The van der Waals surface area contributed by atoms with Gasteiger partial charge in [-0.3, -0.25) is 0 Å². The molecule has 0 fully saturated rings. The van der Waals surface area contributed by atoms with E-state index in [0.29, 0.717) is 5.89 Å². The number of aromatic nitrogens is 2. The van der Waals surface area contributed by atoms with Gasteiger partial charge in [0.25, 0.3) is 0 Å². The van der Waals surface area contributed by atoms with Gasteiger partial charge in [0.2, 0.25) is 5.89 Å². The van der Waals surface area contributed by atoms with Crippen molar-refractivity contribution in [2.75, 3.05) is 5.73 Å². The molecule has 88 valence electrons. The highest BCUT2D eigenvalue weighted by Gasteiger charge is 2.25. The fourth-order valence-corrected chi connectivity index (χ4v) is 2.15. The SMILES string of the molecule is Cc1nnc(OC2CCc3ccc(N)cc32)o1. The van der Waals surface area contributed by atoms with E-state index in [-0.39, 0.29) is 12.2 Å². The van der Waals surface area contributed by atoms with Crippen LogP contribution in [0.25, 0.3) is 0 Å². The molecule has 0 aliphatic heterocycles. The number of ether oxygens (including phenoxy) is 1. The zero-order valence-corrected chi connectivity index (χ0v) is 9.51. The number of aryl methyl sites for hydroxylation is 2. The minimum atomic E-state index is -0.0339. The molecular formula is C12H13N3O2. The standard InChI is InChI=1S/C12H13N3O2/c1-7-14-15-12(16-7)17-11-5-3-8-2-4-9(13)6-10(8)11/h2,4,6,11H,3,5,13H2,1H3. The van der Waals surface area contributed by atoms with E-state index in [0.717, 1.165) is 24.1 Å². The second-order valence-corrected chi connectivity index (χ2v) is 4.19. The second kappa shape index (κ2) is 3.76. The van der Waals surface area contributed by atoms with Crippen molar-refractivity contribution in [1.82, 2.24) is 10.2 Å². The zero-order valence-electron chi connectivity index (χ0n) is 9.51. The molecule has 1 aliphatic rings. The topological polar surface area (TPSA) is 74.2 Å².